The van der Waals surface area contributed by atoms with Gasteiger partial charge in [-0.25, -0.2) is 0 Å². The van der Waals surface area contributed by atoms with Crippen molar-refractivity contribution in [3.05, 3.63) is 0 Å². The van der Waals surface area contributed by atoms with Gasteiger partial charge in [-0.15, -0.1) is 0 Å². The van der Waals surface area contributed by atoms with Crippen molar-refractivity contribution >= 4 is 0 Å². The topological polar surface area (TPSA) is 76.0 Å². The molecule has 0 spiro atoms. The molecule has 0 aromatic heterocycles. The van der Waals surface area contributed by atoms with E-state index in [2.05, 4.69) is 10.2 Å². The maximum Gasteiger partial charge on any atom is 0.0926 e. The summed E-state index contributed by atoms with van der Waals surface area (Å²) in [6.45, 7) is 3.60. The third kappa shape index (κ3) is 3.39. The number of hydrogen-bond donors (Lipinski definition) is 4. The van der Waals surface area contributed by atoms with E-state index in [9.17, 15) is 15.3 Å². The molecule has 4 N–H and O–H groups in total. The first-order valence-electron chi connectivity index (χ1n) is 6.62. The molecule has 0 radical (unpaired) electrons. The van der Waals surface area contributed by atoms with Crippen LogP contribution in [0, 0.1) is 5.92 Å². The normalized spacial score (nSPS) is 37.2. The van der Waals surface area contributed by atoms with Crippen molar-refractivity contribution in [3.63, 3.8) is 0 Å². The van der Waals surface area contributed by atoms with Crippen LogP contribution < -0.4 is 5.32 Å². The average molecular weight is 244 g/mol. The standard InChI is InChI=1S/C12H24N2O3/c15-8-10-5-11(16)12(17)7-14(10)6-9-1-3-13-4-2-9/h9-13,15-17H,1-8H2/t10-,11?,12+/m1/s1. The second kappa shape index (κ2) is 6.11. The van der Waals surface area contributed by atoms with Gasteiger partial charge in [-0.05, 0) is 38.3 Å². The molecule has 3 atom stereocenters. The van der Waals surface area contributed by atoms with Crippen molar-refractivity contribution in [1.82, 2.24) is 10.2 Å². The van der Waals surface area contributed by atoms with Crippen LogP contribution in [0.1, 0.15) is 19.3 Å². The predicted molar refractivity (Wildman–Crippen MR) is 64.7 cm³/mol. The Bertz CT molecular complexity index is 234. The Kier molecular flexibility index (Phi) is 4.76. The molecular weight excluding hydrogens is 220 g/mol. The fourth-order valence-electron chi connectivity index (χ4n) is 2.91. The second-order valence-corrected chi connectivity index (χ2v) is 5.35. The van der Waals surface area contributed by atoms with Crippen molar-refractivity contribution in [2.75, 3.05) is 32.8 Å². The van der Waals surface area contributed by atoms with Crippen molar-refractivity contribution in [1.29, 1.82) is 0 Å². The van der Waals surface area contributed by atoms with Crippen LogP contribution in [0.3, 0.4) is 0 Å². The quantitative estimate of drug-likeness (QED) is 0.500. The first-order valence-corrected chi connectivity index (χ1v) is 6.62. The summed E-state index contributed by atoms with van der Waals surface area (Å²) in [4.78, 5) is 2.15. The third-order valence-electron chi connectivity index (χ3n) is 4.06. The lowest BCUT2D eigenvalue weighted by Gasteiger charge is -2.41. The van der Waals surface area contributed by atoms with Gasteiger partial charge in [-0.3, -0.25) is 4.90 Å². The summed E-state index contributed by atoms with van der Waals surface area (Å²) in [5, 5.41) is 32.0. The maximum absolute atomic E-state index is 9.71. The minimum absolute atomic E-state index is 0.00304. The van der Waals surface area contributed by atoms with Crippen LogP contribution in [-0.4, -0.2) is 71.3 Å². The van der Waals surface area contributed by atoms with Crippen molar-refractivity contribution in [2.24, 2.45) is 5.92 Å². The minimum atomic E-state index is -0.684. The van der Waals surface area contributed by atoms with E-state index < -0.39 is 12.2 Å². The molecule has 0 aromatic carbocycles. The molecule has 0 aromatic rings. The van der Waals surface area contributed by atoms with E-state index in [0.717, 1.165) is 32.5 Å². The highest BCUT2D eigenvalue weighted by molar-refractivity contribution is 4.88. The van der Waals surface area contributed by atoms with Crippen LogP contribution in [0.15, 0.2) is 0 Å². The zero-order valence-electron chi connectivity index (χ0n) is 10.3. The smallest absolute Gasteiger partial charge is 0.0926 e. The lowest BCUT2D eigenvalue weighted by Crippen LogP contribution is -2.55. The summed E-state index contributed by atoms with van der Waals surface area (Å²) in [6, 6.07) is 0.00304. The molecule has 5 heteroatoms. The number of likely N-dealkylation sites (tertiary alicyclic amines) is 1. The van der Waals surface area contributed by atoms with Crippen LogP contribution in [0.2, 0.25) is 0 Å². The number of piperidine rings is 2. The van der Waals surface area contributed by atoms with Crippen LogP contribution in [0.25, 0.3) is 0 Å². The Hall–Kier alpha value is -0.200. The van der Waals surface area contributed by atoms with Gasteiger partial charge in [0.05, 0.1) is 18.8 Å². The van der Waals surface area contributed by atoms with E-state index in [-0.39, 0.29) is 12.6 Å². The van der Waals surface area contributed by atoms with Crippen molar-refractivity contribution in [2.45, 2.75) is 37.5 Å². The van der Waals surface area contributed by atoms with Crippen molar-refractivity contribution < 1.29 is 15.3 Å². The van der Waals surface area contributed by atoms with Crippen LogP contribution in [-0.2, 0) is 0 Å². The number of nitrogens with zero attached hydrogens (tertiary/aromatic N) is 1. The van der Waals surface area contributed by atoms with Gasteiger partial charge < -0.3 is 20.6 Å². The predicted octanol–water partition coefficient (Wildman–Crippen LogP) is -1.23. The molecule has 1 unspecified atom stereocenters. The Morgan fingerprint density at radius 3 is 2.47 bits per heavy atom. The fraction of sp³-hybridized carbons (Fsp3) is 1.00. The lowest BCUT2D eigenvalue weighted by atomic mass is 9.92. The third-order valence-corrected chi connectivity index (χ3v) is 4.06. The highest BCUT2D eigenvalue weighted by atomic mass is 16.3. The lowest BCUT2D eigenvalue weighted by molar-refractivity contribution is -0.0753. The minimum Gasteiger partial charge on any atom is -0.395 e. The molecule has 0 saturated carbocycles. The molecule has 2 fully saturated rings. The first kappa shape index (κ1) is 13.2. The molecular formula is C12H24N2O3. The van der Waals surface area contributed by atoms with Gasteiger partial charge >= 0.3 is 0 Å². The Labute approximate surface area is 102 Å². The number of aliphatic hydroxyl groups is 3. The average Bonchev–Trinajstić information content (AvgIpc) is 2.35. The molecule has 0 bridgehead atoms. The second-order valence-electron chi connectivity index (χ2n) is 5.35. The molecule has 0 amide bonds. The number of aliphatic hydroxyl groups excluding tert-OH is 3. The summed E-state index contributed by atoms with van der Waals surface area (Å²) in [7, 11) is 0. The van der Waals surface area contributed by atoms with Gasteiger partial charge in [-0.2, -0.15) is 0 Å². The van der Waals surface area contributed by atoms with Gasteiger partial charge in [0, 0.05) is 19.1 Å². The molecule has 2 rings (SSSR count). The molecule has 2 aliphatic heterocycles. The van der Waals surface area contributed by atoms with Gasteiger partial charge in [0.15, 0.2) is 0 Å². The van der Waals surface area contributed by atoms with E-state index in [1.54, 1.807) is 0 Å². The Balaban J connectivity index is 1.88. The number of rotatable bonds is 3. The molecule has 17 heavy (non-hydrogen) atoms. The van der Waals surface area contributed by atoms with Gasteiger partial charge in [0.1, 0.15) is 0 Å². The van der Waals surface area contributed by atoms with Gasteiger partial charge in [0.2, 0.25) is 0 Å². The monoisotopic (exact) mass is 244 g/mol. The van der Waals surface area contributed by atoms with Gasteiger partial charge in [0.25, 0.3) is 0 Å². The highest BCUT2D eigenvalue weighted by Gasteiger charge is 2.34. The summed E-state index contributed by atoms with van der Waals surface area (Å²) < 4.78 is 0. The molecule has 5 nitrogen and oxygen atoms in total. The first-order chi connectivity index (χ1) is 8.20. The zero-order chi connectivity index (χ0) is 12.3. The van der Waals surface area contributed by atoms with E-state index in [4.69, 9.17) is 0 Å². The molecule has 2 saturated heterocycles. The Morgan fingerprint density at radius 1 is 1.12 bits per heavy atom. The van der Waals surface area contributed by atoms with E-state index in [0.29, 0.717) is 18.9 Å². The number of β-amino-alcohol motifs (C(OH)–C–C–N with tert-alkyl or cyclic N) is 1. The number of hydrogen-bond acceptors (Lipinski definition) is 5. The summed E-state index contributed by atoms with van der Waals surface area (Å²) >= 11 is 0. The zero-order valence-corrected chi connectivity index (χ0v) is 10.3. The molecule has 100 valence electrons. The van der Waals surface area contributed by atoms with E-state index in [1.165, 1.54) is 0 Å². The molecule has 2 aliphatic rings. The summed E-state index contributed by atoms with van der Waals surface area (Å²) in [5.41, 5.74) is 0. The highest BCUT2D eigenvalue weighted by Crippen LogP contribution is 2.22. The van der Waals surface area contributed by atoms with Crippen LogP contribution in [0.4, 0.5) is 0 Å². The summed E-state index contributed by atoms with van der Waals surface area (Å²) in [5.74, 6) is 0.646. The largest absolute Gasteiger partial charge is 0.395 e. The van der Waals surface area contributed by atoms with Crippen molar-refractivity contribution in [3.8, 4) is 0 Å². The fourth-order valence-corrected chi connectivity index (χ4v) is 2.91. The summed E-state index contributed by atoms with van der Waals surface area (Å²) in [6.07, 6.45) is 1.44. The molecule has 0 aliphatic carbocycles. The van der Waals surface area contributed by atoms with E-state index >= 15 is 0 Å². The maximum atomic E-state index is 9.71. The van der Waals surface area contributed by atoms with Crippen LogP contribution in [0.5, 0.6) is 0 Å². The SMILES string of the molecule is OC[C@H]1CC(O)[C@@H](O)CN1CC1CCNCC1. The molecule has 2 heterocycles. The van der Waals surface area contributed by atoms with Gasteiger partial charge in [-0.1, -0.05) is 0 Å². The van der Waals surface area contributed by atoms with Crippen LogP contribution >= 0.6 is 0 Å². The Morgan fingerprint density at radius 2 is 1.82 bits per heavy atom. The van der Waals surface area contributed by atoms with E-state index in [1.807, 2.05) is 0 Å². The number of nitrogens with one attached hydrogen (secondary N) is 1.